The summed E-state index contributed by atoms with van der Waals surface area (Å²) >= 11 is 0. The summed E-state index contributed by atoms with van der Waals surface area (Å²) in [5, 5.41) is 10.3. The van der Waals surface area contributed by atoms with Crippen LogP contribution in [0.25, 0.3) is 0 Å². The van der Waals surface area contributed by atoms with Crippen LogP contribution >= 0.6 is 0 Å². The van der Waals surface area contributed by atoms with Crippen molar-refractivity contribution >= 4 is 5.97 Å². The molecule has 0 aromatic rings. The third kappa shape index (κ3) is 3.11. The van der Waals surface area contributed by atoms with Gasteiger partial charge in [0.1, 0.15) is 0 Å². The van der Waals surface area contributed by atoms with Gasteiger partial charge < -0.3 is 15.6 Å². The molecule has 0 aromatic heterocycles. The Labute approximate surface area is 93.6 Å². The van der Waals surface area contributed by atoms with Crippen molar-refractivity contribution in [1.82, 2.24) is 0 Å². The summed E-state index contributed by atoms with van der Waals surface area (Å²) in [6.07, 6.45) is 8.05. The van der Waals surface area contributed by atoms with Crippen molar-refractivity contribution in [3.8, 4) is 0 Å². The Morgan fingerprint density at radius 2 is 2.25 bits per heavy atom. The van der Waals surface area contributed by atoms with E-state index in [1.165, 1.54) is 0 Å². The molecule has 12 heavy (non-hydrogen) atoms. The number of nitrogens with two attached hydrogens (primary N) is 1. The molecule has 1 rings (SSSR count). The van der Waals surface area contributed by atoms with Gasteiger partial charge in [0.25, 0.3) is 0 Å². The first-order chi connectivity index (χ1) is 5.22. The van der Waals surface area contributed by atoms with Gasteiger partial charge in [0.15, 0.2) is 0 Å². The Hall–Kier alpha value is -0.0900. The molecule has 4 heteroatoms. The molecule has 0 spiro atoms. The Kier molecular flexibility index (Phi) is 5.50. The molecule has 2 atom stereocenters. The van der Waals surface area contributed by atoms with Gasteiger partial charge in [-0.2, -0.15) is 0 Å². The van der Waals surface area contributed by atoms with Gasteiger partial charge in [-0.3, -0.25) is 0 Å². The number of carbonyl (C=O) groups is 1. The van der Waals surface area contributed by atoms with Gasteiger partial charge in [-0.15, -0.1) is 0 Å². The van der Waals surface area contributed by atoms with Gasteiger partial charge in [0, 0.05) is 5.92 Å². The standard InChI is InChI=1S/C8H11NO2.Na/c9-7(8(10)11)6-4-2-1-3-5-6;/h1-4,6-7H,5,9H2,(H,10,11);/q;+1/p-1. The van der Waals surface area contributed by atoms with Crippen molar-refractivity contribution in [2.24, 2.45) is 11.7 Å². The fourth-order valence-corrected chi connectivity index (χ4v) is 1.04. The Morgan fingerprint density at radius 1 is 1.58 bits per heavy atom. The Balaban J connectivity index is 0.00000121. The van der Waals surface area contributed by atoms with Gasteiger partial charge in [-0.25, -0.2) is 0 Å². The molecule has 1 aliphatic rings. The normalized spacial score (nSPS) is 22.9. The fourth-order valence-electron chi connectivity index (χ4n) is 1.04. The summed E-state index contributed by atoms with van der Waals surface area (Å²) in [4.78, 5) is 10.3. The van der Waals surface area contributed by atoms with Crippen LogP contribution < -0.4 is 40.4 Å². The van der Waals surface area contributed by atoms with E-state index in [1.807, 2.05) is 12.2 Å². The molecule has 0 bridgehead atoms. The summed E-state index contributed by atoms with van der Waals surface area (Å²) in [5.41, 5.74) is 5.34. The smallest absolute Gasteiger partial charge is 0.548 e. The van der Waals surface area contributed by atoms with E-state index in [0.29, 0.717) is 6.42 Å². The summed E-state index contributed by atoms with van der Waals surface area (Å²) < 4.78 is 0. The van der Waals surface area contributed by atoms with Crippen LogP contribution in [0.2, 0.25) is 0 Å². The maximum Gasteiger partial charge on any atom is 1.00 e. The molecule has 0 saturated carbocycles. The summed E-state index contributed by atoms with van der Waals surface area (Å²) in [5.74, 6) is -1.29. The van der Waals surface area contributed by atoms with E-state index >= 15 is 0 Å². The van der Waals surface area contributed by atoms with Crippen LogP contribution in [0.15, 0.2) is 24.3 Å². The zero-order valence-corrected chi connectivity index (χ0v) is 9.07. The van der Waals surface area contributed by atoms with E-state index < -0.39 is 12.0 Å². The number of hydrogen-bond donors (Lipinski definition) is 1. The van der Waals surface area contributed by atoms with Gasteiger partial charge in [-0.05, 0) is 6.42 Å². The van der Waals surface area contributed by atoms with Crippen LogP contribution in [0.4, 0.5) is 0 Å². The van der Waals surface area contributed by atoms with Gasteiger partial charge in [-0.1, -0.05) is 24.3 Å². The molecule has 0 amide bonds. The number of aliphatic carboxylic acids is 1. The molecular weight excluding hydrogens is 165 g/mol. The van der Waals surface area contributed by atoms with E-state index in [2.05, 4.69) is 0 Å². The van der Waals surface area contributed by atoms with Crippen molar-refractivity contribution in [3.05, 3.63) is 24.3 Å². The second-order valence-electron chi connectivity index (χ2n) is 2.56. The van der Waals surface area contributed by atoms with Crippen molar-refractivity contribution < 1.29 is 39.5 Å². The number of carboxylic acids is 1. The predicted molar refractivity (Wildman–Crippen MR) is 39.4 cm³/mol. The summed E-state index contributed by atoms with van der Waals surface area (Å²) in [7, 11) is 0. The zero-order valence-electron chi connectivity index (χ0n) is 7.07. The van der Waals surface area contributed by atoms with E-state index in [0.717, 1.165) is 0 Å². The molecule has 2 N–H and O–H groups in total. The number of rotatable bonds is 2. The minimum Gasteiger partial charge on any atom is -0.548 e. The molecule has 2 unspecified atom stereocenters. The van der Waals surface area contributed by atoms with Crippen molar-refractivity contribution in [2.75, 3.05) is 0 Å². The molecule has 0 fully saturated rings. The van der Waals surface area contributed by atoms with Crippen LogP contribution in [0.3, 0.4) is 0 Å². The summed E-state index contributed by atoms with van der Waals surface area (Å²) in [6.45, 7) is 0. The van der Waals surface area contributed by atoms with Crippen molar-refractivity contribution in [1.29, 1.82) is 0 Å². The van der Waals surface area contributed by atoms with E-state index in [9.17, 15) is 9.90 Å². The Bertz CT molecular complexity index is 213. The molecule has 3 nitrogen and oxygen atoms in total. The molecule has 0 heterocycles. The quantitative estimate of drug-likeness (QED) is 0.438. The van der Waals surface area contributed by atoms with Crippen LogP contribution in [0.1, 0.15) is 6.42 Å². The van der Waals surface area contributed by atoms with E-state index in [1.54, 1.807) is 12.2 Å². The molecule has 0 aromatic carbocycles. The average Bonchev–Trinajstić information content (AvgIpc) is 2.05. The first-order valence-corrected chi connectivity index (χ1v) is 3.51. The second-order valence-corrected chi connectivity index (χ2v) is 2.56. The van der Waals surface area contributed by atoms with Crippen LogP contribution in [0.5, 0.6) is 0 Å². The topological polar surface area (TPSA) is 66.2 Å². The van der Waals surface area contributed by atoms with Crippen LogP contribution in [-0.2, 0) is 4.79 Å². The number of allylic oxidation sites excluding steroid dienone is 3. The molecule has 1 aliphatic carbocycles. The van der Waals surface area contributed by atoms with E-state index in [4.69, 9.17) is 5.73 Å². The number of hydrogen-bond acceptors (Lipinski definition) is 3. The molecular formula is C8H10NNaO2. The first-order valence-electron chi connectivity index (χ1n) is 3.51. The van der Waals surface area contributed by atoms with Gasteiger partial charge in [0.2, 0.25) is 0 Å². The fraction of sp³-hybridized carbons (Fsp3) is 0.375. The predicted octanol–water partition coefficient (Wildman–Crippen LogP) is -3.80. The average molecular weight is 175 g/mol. The SMILES string of the molecule is NC(C(=O)[O-])C1C=CC=CC1.[Na+]. The monoisotopic (exact) mass is 175 g/mol. The number of carboxylic acid groups (broad SMARTS) is 1. The maximum absolute atomic E-state index is 10.3. The second kappa shape index (κ2) is 5.54. The molecule has 0 aliphatic heterocycles. The molecule has 0 saturated heterocycles. The minimum absolute atomic E-state index is 0. The number of carbonyl (C=O) groups excluding carboxylic acids is 1. The van der Waals surface area contributed by atoms with Crippen LogP contribution in [-0.4, -0.2) is 12.0 Å². The third-order valence-corrected chi connectivity index (χ3v) is 1.75. The van der Waals surface area contributed by atoms with E-state index in [-0.39, 0.29) is 35.5 Å². The minimum atomic E-state index is -1.19. The third-order valence-electron chi connectivity index (χ3n) is 1.75. The van der Waals surface area contributed by atoms with Crippen molar-refractivity contribution in [2.45, 2.75) is 12.5 Å². The molecule has 0 radical (unpaired) electrons. The summed E-state index contributed by atoms with van der Waals surface area (Å²) in [6, 6.07) is -0.879. The largest absolute Gasteiger partial charge is 1.00 e. The zero-order chi connectivity index (χ0) is 8.27. The van der Waals surface area contributed by atoms with Gasteiger partial charge >= 0.3 is 29.6 Å². The van der Waals surface area contributed by atoms with Crippen molar-refractivity contribution in [3.63, 3.8) is 0 Å². The Morgan fingerprint density at radius 3 is 2.67 bits per heavy atom. The van der Waals surface area contributed by atoms with Gasteiger partial charge in [0.05, 0.1) is 12.0 Å². The maximum atomic E-state index is 10.3. The molecule has 60 valence electrons. The van der Waals surface area contributed by atoms with Crippen LogP contribution in [0, 0.1) is 5.92 Å². The first kappa shape index (κ1) is 11.9.